The van der Waals surface area contributed by atoms with Crippen LogP contribution in [0.25, 0.3) is 0 Å². The van der Waals surface area contributed by atoms with Crippen LogP contribution in [0.5, 0.6) is 0 Å². The lowest BCUT2D eigenvalue weighted by Crippen LogP contribution is -2.43. The molecule has 0 fully saturated rings. The van der Waals surface area contributed by atoms with Crippen LogP contribution in [0.1, 0.15) is 6.92 Å². The van der Waals surface area contributed by atoms with Crippen LogP contribution in [0.3, 0.4) is 0 Å². The van der Waals surface area contributed by atoms with Crippen LogP contribution in [0.15, 0.2) is 0 Å². The van der Waals surface area contributed by atoms with E-state index in [2.05, 4.69) is 4.74 Å². The maximum absolute atomic E-state index is 10.7. The van der Waals surface area contributed by atoms with Crippen molar-refractivity contribution in [2.75, 3.05) is 13.4 Å². The standard InChI is InChI=1S/C5H10O5S/c1-5(7,4(6)10-2)11(3,8)9/h7H,1-3H3/t5-/m0/s1. The van der Waals surface area contributed by atoms with Gasteiger partial charge in [0.15, 0.2) is 9.84 Å². The summed E-state index contributed by atoms with van der Waals surface area (Å²) >= 11 is 0. The number of methoxy groups -OCH3 is 1. The fourth-order valence-corrected chi connectivity index (χ4v) is 0.727. The summed E-state index contributed by atoms with van der Waals surface area (Å²) in [7, 11) is -2.83. The Balaban J connectivity index is 4.90. The lowest BCUT2D eigenvalue weighted by molar-refractivity contribution is -0.152. The van der Waals surface area contributed by atoms with Crippen molar-refractivity contribution in [2.45, 2.75) is 11.9 Å². The van der Waals surface area contributed by atoms with Crippen LogP contribution in [-0.4, -0.2) is 37.8 Å². The third kappa shape index (κ3) is 1.90. The fraction of sp³-hybridized carbons (Fsp3) is 0.800. The van der Waals surface area contributed by atoms with Gasteiger partial charge in [0.1, 0.15) is 0 Å². The summed E-state index contributed by atoms with van der Waals surface area (Å²) in [5.41, 5.74) is 0. The van der Waals surface area contributed by atoms with Gasteiger partial charge in [-0.2, -0.15) is 0 Å². The van der Waals surface area contributed by atoms with Crippen LogP contribution in [-0.2, 0) is 19.4 Å². The quantitative estimate of drug-likeness (QED) is 0.549. The molecule has 66 valence electrons. The molecule has 0 bridgehead atoms. The van der Waals surface area contributed by atoms with Gasteiger partial charge in [-0.15, -0.1) is 0 Å². The zero-order valence-corrected chi connectivity index (χ0v) is 7.30. The van der Waals surface area contributed by atoms with Gasteiger partial charge in [0, 0.05) is 6.26 Å². The Morgan fingerprint density at radius 2 is 1.91 bits per heavy atom. The maximum Gasteiger partial charge on any atom is 0.353 e. The summed E-state index contributed by atoms with van der Waals surface area (Å²) < 4.78 is 25.5. The number of hydrogen-bond donors (Lipinski definition) is 1. The lowest BCUT2D eigenvalue weighted by Gasteiger charge is -2.16. The fourth-order valence-electron chi connectivity index (χ4n) is 0.341. The van der Waals surface area contributed by atoms with Gasteiger partial charge in [-0.25, -0.2) is 13.2 Å². The number of ether oxygens (including phenoxy) is 1. The van der Waals surface area contributed by atoms with Gasteiger partial charge in [0.2, 0.25) is 0 Å². The first-order valence-corrected chi connectivity index (χ1v) is 4.63. The topological polar surface area (TPSA) is 80.7 Å². The summed E-state index contributed by atoms with van der Waals surface area (Å²) in [6.45, 7) is 0.869. The molecule has 0 amide bonds. The number of aliphatic hydroxyl groups is 1. The third-order valence-corrected chi connectivity index (χ3v) is 2.90. The molecular formula is C5H10O5S. The molecule has 0 aliphatic rings. The second-order valence-corrected chi connectivity index (χ2v) is 4.59. The van der Waals surface area contributed by atoms with E-state index in [0.29, 0.717) is 0 Å². The summed E-state index contributed by atoms with van der Waals surface area (Å²) in [6.07, 6.45) is 0.754. The van der Waals surface area contributed by atoms with E-state index in [0.717, 1.165) is 20.3 Å². The summed E-state index contributed by atoms with van der Waals surface area (Å²) in [5.74, 6) is -1.18. The zero-order valence-electron chi connectivity index (χ0n) is 6.49. The first-order valence-electron chi connectivity index (χ1n) is 2.74. The molecule has 1 atom stereocenters. The average Bonchev–Trinajstić information content (AvgIpc) is 1.83. The molecule has 0 unspecified atom stereocenters. The average molecular weight is 182 g/mol. The van der Waals surface area contributed by atoms with Crippen LogP contribution < -0.4 is 0 Å². The molecule has 0 aromatic carbocycles. The SMILES string of the molecule is COC(=O)[C@@](C)(O)S(C)(=O)=O. The Bertz CT molecular complexity index is 250. The van der Waals surface area contributed by atoms with E-state index < -0.39 is 20.7 Å². The number of carbonyl (C=O) groups excluding carboxylic acids is 1. The smallest absolute Gasteiger partial charge is 0.353 e. The van der Waals surface area contributed by atoms with Crippen molar-refractivity contribution in [3.8, 4) is 0 Å². The second kappa shape index (κ2) is 2.78. The first kappa shape index (κ1) is 10.4. The molecule has 0 rings (SSSR count). The third-order valence-electron chi connectivity index (χ3n) is 1.29. The highest BCUT2D eigenvalue weighted by atomic mass is 32.2. The van der Waals surface area contributed by atoms with Crippen molar-refractivity contribution in [2.24, 2.45) is 0 Å². The van der Waals surface area contributed by atoms with Crippen LogP contribution in [0.4, 0.5) is 0 Å². The lowest BCUT2D eigenvalue weighted by atomic mass is 10.4. The molecule has 0 aliphatic carbocycles. The van der Waals surface area contributed by atoms with E-state index in [1.165, 1.54) is 0 Å². The molecule has 0 spiro atoms. The molecule has 0 heterocycles. The monoisotopic (exact) mass is 182 g/mol. The normalized spacial score (nSPS) is 17.1. The van der Waals surface area contributed by atoms with Crippen molar-refractivity contribution < 1.29 is 23.1 Å². The summed E-state index contributed by atoms with van der Waals surface area (Å²) in [4.78, 5) is 8.19. The Labute approximate surface area is 64.9 Å². The van der Waals surface area contributed by atoms with E-state index in [4.69, 9.17) is 5.11 Å². The van der Waals surface area contributed by atoms with Crippen molar-refractivity contribution in [1.29, 1.82) is 0 Å². The molecule has 0 saturated carbocycles. The molecule has 1 N–H and O–H groups in total. The van der Waals surface area contributed by atoms with Crippen LogP contribution in [0.2, 0.25) is 0 Å². The Hall–Kier alpha value is -0.620. The second-order valence-electron chi connectivity index (χ2n) is 2.25. The highest BCUT2D eigenvalue weighted by Crippen LogP contribution is 2.12. The minimum atomic E-state index is -3.83. The van der Waals surface area contributed by atoms with Gasteiger partial charge in [-0.3, -0.25) is 0 Å². The van der Waals surface area contributed by atoms with Crippen LogP contribution in [0, 0.1) is 0 Å². The minimum absolute atomic E-state index is 0.754. The van der Waals surface area contributed by atoms with Gasteiger partial charge in [0.25, 0.3) is 4.93 Å². The van der Waals surface area contributed by atoms with Gasteiger partial charge in [-0.1, -0.05) is 0 Å². The van der Waals surface area contributed by atoms with Crippen molar-refractivity contribution in [1.82, 2.24) is 0 Å². The van der Waals surface area contributed by atoms with Gasteiger partial charge >= 0.3 is 5.97 Å². The maximum atomic E-state index is 10.7. The highest BCUT2D eigenvalue weighted by Gasteiger charge is 2.42. The summed E-state index contributed by atoms with van der Waals surface area (Å²) in [6, 6.07) is 0. The van der Waals surface area contributed by atoms with Crippen LogP contribution >= 0.6 is 0 Å². The predicted molar refractivity (Wildman–Crippen MR) is 37.5 cm³/mol. The number of esters is 1. The van der Waals surface area contributed by atoms with Crippen molar-refractivity contribution >= 4 is 15.8 Å². The molecule has 5 nitrogen and oxygen atoms in total. The van der Waals surface area contributed by atoms with E-state index in [1.807, 2.05) is 0 Å². The number of hydrogen-bond acceptors (Lipinski definition) is 5. The molecule has 0 saturated heterocycles. The van der Waals surface area contributed by atoms with Crippen molar-refractivity contribution in [3.05, 3.63) is 0 Å². The van der Waals surface area contributed by atoms with Crippen molar-refractivity contribution in [3.63, 3.8) is 0 Å². The van der Waals surface area contributed by atoms with E-state index in [1.54, 1.807) is 0 Å². The summed E-state index contributed by atoms with van der Waals surface area (Å²) in [5, 5.41) is 9.06. The molecule has 0 aromatic rings. The van der Waals surface area contributed by atoms with E-state index in [-0.39, 0.29) is 0 Å². The minimum Gasteiger partial charge on any atom is -0.466 e. The highest BCUT2D eigenvalue weighted by molar-refractivity contribution is 7.92. The molecule has 0 aliphatic heterocycles. The Morgan fingerprint density at radius 1 is 1.55 bits per heavy atom. The van der Waals surface area contributed by atoms with Gasteiger partial charge < -0.3 is 9.84 Å². The Morgan fingerprint density at radius 3 is 2.00 bits per heavy atom. The van der Waals surface area contributed by atoms with E-state index >= 15 is 0 Å². The Kier molecular flexibility index (Phi) is 2.63. The first-order chi connectivity index (χ1) is 4.73. The molecular weight excluding hydrogens is 172 g/mol. The number of rotatable bonds is 2. The largest absolute Gasteiger partial charge is 0.466 e. The number of sulfone groups is 1. The molecule has 0 radical (unpaired) electrons. The molecule has 11 heavy (non-hydrogen) atoms. The van der Waals surface area contributed by atoms with E-state index in [9.17, 15) is 13.2 Å². The van der Waals surface area contributed by atoms with Gasteiger partial charge in [0.05, 0.1) is 7.11 Å². The zero-order chi connectivity index (χ0) is 9.28. The molecule has 0 aromatic heterocycles. The van der Waals surface area contributed by atoms with Gasteiger partial charge in [-0.05, 0) is 6.92 Å². The molecule has 6 heteroatoms. The number of carbonyl (C=O) groups is 1. The predicted octanol–water partition coefficient (Wildman–Crippen LogP) is -1.09.